The lowest BCUT2D eigenvalue weighted by Crippen LogP contribution is -2.12. The van der Waals surface area contributed by atoms with Crippen LogP contribution in [0.5, 0.6) is 5.75 Å². The van der Waals surface area contributed by atoms with E-state index in [4.69, 9.17) is 9.84 Å². The van der Waals surface area contributed by atoms with Crippen LogP contribution in [0, 0.1) is 0 Å². The number of nitrogens with one attached hydrogen (secondary N) is 1. The van der Waals surface area contributed by atoms with Crippen molar-refractivity contribution in [2.24, 2.45) is 0 Å². The summed E-state index contributed by atoms with van der Waals surface area (Å²) in [6.45, 7) is 0.737. The van der Waals surface area contributed by atoms with E-state index in [0.717, 1.165) is 25.9 Å². The van der Waals surface area contributed by atoms with Crippen LogP contribution < -0.4 is 5.32 Å². The fourth-order valence-corrected chi connectivity index (χ4v) is 1.37. The van der Waals surface area contributed by atoms with E-state index in [1.54, 1.807) is 13.2 Å². The first-order chi connectivity index (χ1) is 8.22. The molecular formula is C12H18N2O3. The van der Waals surface area contributed by atoms with Crippen molar-refractivity contribution in [1.29, 1.82) is 0 Å². The predicted molar refractivity (Wildman–Crippen MR) is 64.9 cm³/mol. The number of nitrogens with zero attached hydrogens (tertiary/aromatic N) is 1. The highest BCUT2D eigenvalue weighted by Crippen LogP contribution is 2.10. The van der Waals surface area contributed by atoms with Crippen LogP contribution in [0.25, 0.3) is 0 Å². The van der Waals surface area contributed by atoms with Crippen molar-refractivity contribution >= 4 is 11.7 Å². The van der Waals surface area contributed by atoms with Crippen molar-refractivity contribution < 1.29 is 14.6 Å². The number of carbonyl (C=O) groups is 1. The maximum Gasteiger partial charge on any atom is 0.225 e. The zero-order chi connectivity index (χ0) is 12.5. The lowest BCUT2D eigenvalue weighted by atomic mass is 10.2. The molecule has 2 N–H and O–H groups in total. The van der Waals surface area contributed by atoms with Crippen LogP contribution in [0.15, 0.2) is 18.3 Å². The summed E-state index contributed by atoms with van der Waals surface area (Å²) in [4.78, 5) is 15.4. The van der Waals surface area contributed by atoms with Crippen LogP contribution >= 0.6 is 0 Å². The molecule has 1 aromatic heterocycles. The van der Waals surface area contributed by atoms with Gasteiger partial charge in [0.05, 0.1) is 6.20 Å². The molecular weight excluding hydrogens is 220 g/mol. The fourth-order valence-electron chi connectivity index (χ4n) is 1.37. The topological polar surface area (TPSA) is 71.5 Å². The van der Waals surface area contributed by atoms with Crippen molar-refractivity contribution in [3.8, 4) is 5.75 Å². The van der Waals surface area contributed by atoms with Crippen LogP contribution in [-0.2, 0) is 9.53 Å². The molecule has 17 heavy (non-hydrogen) atoms. The molecule has 0 unspecified atom stereocenters. The number of ether oxygens (including phenoxy) is 1. The lowest BCUT2D eigenvalue weighted by Gasteiger charge is -2.04. The van der Waals surface area contributed by atoms with E-state index in [1.807, 2.05) is 0 Å². The normalized spacial score (nSPS) is 10.2. The molecule has 0 radical (unpaired) electrons. The summed E-state index contributed by atoms with van der Waals surface area (Å²) in [7, 11) is 1.67. The van der Waals surface area contributed by atoms with E-state index in [-0.39, 0.29) is 11.7 Å². The van der Waals surface area contributed by atoms with Crippen LogP contribution in [0.1, 0.15) is 25.7 Å². The number of pyridine rings is 1. The minimum atomic E-state index is -0.0550. The van der Waals surface area contributed by atoms with Crippen molar-refractivity contribution in [3.05, 3.63) is 18.3 Å². The number of amides is 1. The number of unbranched alkanes of at least 4 members (excludes halogenated alkanes) is 2. The summed E-state index contributed by atoms with van der Waals surface area (Å²) < 4.78 is 4.92. The molecule has 0 aliphatic carbocycles. The Balaban J connectivity index is 2.18. The van der Waals surface area contributed by atoms with Gasteiger partial charge in [0.1, 0.15) is 11.6 Å². The third kappa shape index (κ3) is 5.87. The third-order valence-electron chi connectivity index (χ3n) is 2.27. The molecule has 1 aromatic rings. The molecule has 1 heterocycles. The first kappa shape index (κ1) is 13.4. The summed E-state index contributed by atoms with van der Waals surface area (Å²) in [5.74, 6) is 0.493. The van der Waals surface area contributed by atoms with Gasteiger partial charge in [-0.25, -0.2) is 4.98 Å². The van der Waals surface area contributed by atoms with E-state index < -0.39 is 0 Å². The number of aromatic nitrogens is 1. The van der Waals surface area contributed by atoms with Crippen molar-refractivity contribution in [2.45, 2.75) is 25.7 Å². The molecule has 0 aliphatic heterocycles. The number of hydrogen-bond donors (Lipinski definition) is 2. The van der Waals surface area contributed by atoms with Crippen molar-refractivity contribution in [1.82, 2.24) is 4.98 Å². The van der Waals surface area contributed by atoms with Gasteiger partial charge in [0, 0.05) is 20.1 Å². The van der Waals surface area contributed by atoms with Gasteiger partial charge in [-0.1, -0.05) is 6.42 Å². The van der Waals surface area contributed by atoms with Gasteiger partial charge in [-0.3, -0.25) is 4.79 Å². The lowest BCUT2D eigenvalue weighted by molar-refractivity contribution is -0.116. The smallest absolute Gasteiger partial charge is 0.225 e. The molecule has 0 aliphatic rings. The van der Waals surface area contributed by atoms with Crippen molar-refractivity contribution in [2.75, 3.05) is 19.0 Å². The molecule has 0 bridgehead atoms. The summed E-state index contributed by atoms with van der Waals surface area (Å²) in [5.41, 5.74) is 0. The Kier molecular flexibility index (Phi) is 6.03. The Labute approximate surface area is 101 Å². The molecule has 0 saturated heterocycles. The highest BCUT2D eigenvalue weighted by atomic mass is 16.5. The van der Waals surface area contributed by atoms with Crippen LogP contribution in [0.4, 0.5) is 5.82 Å². The third-order valence-corrected chi connectivity index (χ3v) is 2.27. The highest BCUT2D eigenvalue weighted by molar-refractivity contribution is 5.89. The number of carbonyl (C=O) groups excluding carboxylic acids is 1. The van der Waals surface area contributed by atoms with Gasteiger partial charge in [-0.15, -0.1) is 0 Å². The minimum absolute atomic E-state index is 0.0550. The Hall–Kier alpha value is -1.62. The first-order valence-corrected chi connectivity index (χ1v) is 5.66. The largest absolute Gasteiger partial charge is 0.506 e. The molecule has 5 nitrogen and oxygen atoms in total. The molecule has 94 valence electrons. The summed E-state index contributed by atoms with van der Waals surface area (Å²) in [5, 5.41) is 11.7. The van der Waals surface area contributed by atoms with Gasteiger partial charge in [0.2, 0.25) is 5.91 Å². The standard InChI is InChI=1S/C12H18N2O3/c1-17-8-4-2-3-5-12(16)14-11-7-6-10(15)9-13-11/h6-7,9,15H,2-5,8H2,1H3,(H,13,14,16). The minimum Gasteiger partial charge on any atom is -0.506 e. The summed E-state index contributed by atoms with van der Waals surface area (Å²) in [6, 6.07) is 3.05. The van der Waals surface area contributed by atoms with E-state index in [2.05, 4.69) is 10.3 Å². The molecule has 0 atom stereocenters. The average Bonchev–Trinajstić information content (AvgIpc) is 2.32. The van der Waals surface area contributed by atoms with Crippen LogP contribution in [0.2, 0.25) is 0 Å². The van der Waals surface area contributed by atoms with Gasteiger partial charge >= 0.3 is 0 Å². The van der Waals surface area contributed by atoms with Crippen LogP contribution in [-0.4, -0.2) is 29.7 Å². The second kappa shape index (κ2) is 7.62. The number of rotatable bonds is 7. The van der Waals surface area contributed by atoms with Gasteiger partial charge < -0.3 is 15.2 Å². The van der Waals surface area contributed by atoms with Crippen molar-refractivity contribution in [3.63, 3.8) is 0 Å². The number of hydrogen-bond acceptors (Lipinski definition) is 4. The monoisotopic (exact) mass is 238 g/mol. The molecule has 0 saturated carbocycles. The predicted octanol–water partition coefficient (Wildman–Crippen LogP) is 1.93. The summed E-state index contributed by atoms with van der Waals surface area (Å²) in [6.07, 6.45) is 4.57. The average molecular weight is 238 g/mol. The molecule has 1 rings (SSSR count). The fraction of sp³-hybridized carbons (Fsp3) is 0.500. The maximum atomic E-state index is 11.5. The number of anilines is 1. The van der Waals surface area contributed by atoms with Gasteiger partial charge in [-0.2, -0.15) is 0 Å². The van der Waals surface area contributed by atoms with E-state index in [1.165, 1.54) is 12.3 Å². The Bertz CT molecular complexity index is 338. The Morgan fingerprint density at radius 2 is 2.24 bits per heavy atom. The quantitative estimate of drug-likeness (QED) is 0.712. The number of aromatic hydroxyl groups is 1. The zero-order valence-electron chi connectivity index (χ0n) is 9.98. The molecule has 0 spiro atoms. The van der Waals surface area contributed by atoms with E-state index >= 15 is 0 Å². The van der Waals surface area contributed by atoms with E-state index in [0.29, 0.717) is 12.2 Å². The zero-order valence-corrected chi connectivity index (χ0v) is 9.98. The highest BCUT2D eigenvalue weighted by Gasteiger charge is 2.02. The number of methoxy groups -OCH3 is 1. The van der Waals surface area contributed by atoms with Gasteiger partial charge in [0.15, 0.2) is 0 Å². The maximum absolute atomic E-state index is 11.5. The van der Waals surface area contributed by atoms with Gasteiger partial charge in [-0.05, 0) is 25.0 Å². The van der Waals surface area contributed by atoms with Gasteiger partial charge in [0.25, 0.3) is 0 Å². The van der Waals surface area contributed by atoms with Crippen LogP contribution in [0.3, 0.4) is 0 Å². The molecule has 1 amide bonds. The molecule has 0 aromatic carbocycles. The molecule has 5 heteroatoms. The van der Waals surface area contributed by atoms with E-state index in [9.17, 15) is 4.79 Å². The SMILES string of the molecule is COCCCCCC(=O)Nc1ccc(O)cn1. The molecule has 0 fully saturated rings. The first-order valence-electron chi connectivity index (χ1n) is 5.66. The Morgan fingerprint density at radius 1 is 1.41 bits per heavy atom. The second-order valence-corrected chi connectivity index (χ2v) is 3.75. The summed E-state index contributed by atoms with van der Waals surface area (Å²) >= 11 is 0. The second-order valence-electron chi connectivity index (χ2n) is 3.75. The Morgan fingerprint density at radius 3 is 2.88 bits per heavy atom.